The van der Waals surface area contributed by atoms with E-state index in [9.17, 15) is 4.79 Å². The van der Waals surface area contributed by atoms with Crippen LogP contribution in [-0.4, -0.2) is 30.1 Å². The smallest absolute Gasteiger partial charge is 0.193 e. The summed E-state index contributed by atoms with van der Waals surface area (Å²) in [6.45, 7) is 5.30. The van der Waals surface area contributed by atoms with Crippen molar-refractivity contribution >= 4 is 16.7 Å². The first-order valence-corrected chi connectivity index (χ1v) is 7.10. The van der Waals surface area contributed by atoms with E-state index in [1.807, 2.05) is 25.1 Å². The van der Waals surface area contributed by atoms with Crippen LogP contribution in [-0.2, 0) is 4.74 Å². The highest BCUT2D eigenvalue weighted by Crippen LogP contribution is 2.29. The number of rotatable bonds is 4. The van der Waals surface area contributed by atoms with Gasteiger partial charge in [-0.2, -0.15) is 0 Å². The molecule has 1 N–H and O–H groups in total. The molecule has 0 saturated carbocycles. The molecule has 2 atom stereocenters. The number of Topliss-reactive ketones (excluding diaryl/α,β-unsaturated/α-hetero) is 1. The lowest BCUT2D eigenvalue weighted by Gasteiger charge is -2.12. The molecule has 2 heterocycles. The zero-order valence-electron chi connectivity index (χ0n) is 11.8. The van der Waals surface area contributed by atoms with Gasteiger partial charge >= 0.3 is 0 Å². The van der Waals surface area contributed by atoms with Gasteiger partial charge in [0.2, 0.25) is 0 Å². The van der Waals surface area contributed by atoms with Crippen LogP contribution in [0.1, 0.15) is 30.6 Å². The van der Waals surface area contributed by atoms with E-state index >= 15 is 0 Å². The number of hydrogen-bond donors (Lipinski definition) is 1. The van der Waals surface area contributed by atoms with E-state index in [4.69, 9.17) is 9.47 Å². The van der Waals surface area contributed by atoms with Crippen LogP contribution in [0.25, 0.3) is 10.9 Å². The Bertz CT molecular complexity index is 632. The number of nitrogens with one attached hydrogen (secondary N) is 1. The van der Waals surface area contributed by atoms with Crippen LogP contribution in [0.3, 0.4) is 0 Å². The van der Waals surface area contributed by atoms with Gasteiger partial charge in [0, 0.05) is 29.3 Å². The molecule has 20 heavy (non-hydrogen) atoms. The van der Waals surface area contributed by atoms with Gasteiger partial charge in [0.05, 0.1) is 6.61 Å². The molecule has 0 aliphatic carbocycles. The maximum Gasteiger partial charge on any atom is 0.193 e. The summed E-state index contributed by atoms with van der Waals surface area (Å²) < 4.78 is 11.1. The molecular formula is C16H19NO3. The predicted octanol–water partition coefficient (Wildman–Crippen LogP) is 3.17. The van der Waals surface area contributed by atoms with Gasteiger partial charge in [-0.1, -0.05) is 6.92 Å². The second-order valence-corrected chi connectivity index (χ2v) is 5.26. The molecule has 0 radical (unpaired) electrons. The third-order valence-corrected chi connectivity index (χ3v) is 3.88. The van der Waals surface area contributed by atoms with Gasteiger partial charge in [0.1, 0.15) is 11.9 Å². The quantitative estimate of drug-likeness (QED) is 0.870. The number of ketones is 1. The minimum absolute atomic E-state index is 0.0647. The van der Waals surface area contributed by atoms with Crippen molar-refractivity contribution in [2.45, 2.75) is 26.4 Å². The monoisotopic (exact) mass is 273 g/mol. The topological polar surface area (TPSA) is 51.3 Å². The highest BCUT2D eigenvalue weighted by atomic mass is 16.5. The normalized spacial score (nSPS) is 22.3. The van der Waals surface area contributed by atoms with Crippen molar-refractivity contribution in [3.05, 3.63) is 30.0 Å². The Morgan fingerprint density at radius 1 is 1.50 bits per heavy atom. The molecule has 1 aliphatic rings. The fourth-order valence-corrected chi connectivity index (χ4v) is 2.74. The second-order valence-electron chi connectivity index (χ2n) is 5.26. The molecule has 1 saturated heterocycles. The minimum Gasteiger partial charge on any atom is -0.494 e. The third kappa shape index (κ3) is 2.20. The highest BCUT2D eigenvalue weighted by Gasteiger charge is 2.32. The van der Waals surface area contributed by atoms with Crippen LogP contribution in [0.15, 0.2) is 24.4 Å². The first kappa shape index (κ1) is 13.2. The van der Waals surface area contributed by atoms with Crippen LogP contribution in [0.2, 0.25) is 0 Å². The lowest BCUT2D eigenvalue weighted by Crippen LogP contribution is -2.25. The van der Waals surface area contributed by atoms with Crippen molar-refractivity contribution < 1.29 is 14.3 Å². The summed E-state index contributed by atoms with van der Waals surface area (Å²) in [4.78, 5) is 15.8. The number of aromatic nitrogens is 1. The average Bonchev–Trinajstić information content (AvgIpc) is 3.04. The number of H-pyrrole nitrogens is 1. The molecule has 1 fully saturated rings. The first-order valence-electron chi connectivity index (χ1n) is 7.10. The molecule has 2 aromatic rings. The van der Waals surface area contributed by atoms with Crippen LogP contribution in [0.4, 0.5) is 0 Å². The summed E-state index contributed by atoms with van der Waals surface area (Å²) in [5.41, 5.74) is 1.64. The van der Waals surface area contributed by atoms with E-state index in [0.717, 1.165) is 23.1 Å². The molecule has 0 spiro atoms. The van der Waals surface area contributed by atoms with Crippen molar-refractivity contribution in [1.29, 1.82) is 0 Å². The molecule has 0 bridgehead atoms. The Kier molecular flexibility index (Phi) is 3.49. The number of aromatic amines is 1. The van der Waals surface area contributed by atoms with Gasteiger partial charge in [-0.15, -0.1) is 0 Å². The second kappa shape index (κ2) is 5.29. The largest absolute Gasteiger partial charge is 0.494 e. The molecular weight excluding hydrogens is 254 g/mol. The van der Waals surface area contributed by atoms with E-state index in [1.54, 1.807) is 6.20 Å². The molecule has 1 aromatic carbocycles. The molecule has 2 unspecified atom stereocenters. The maximum absolute atomic E-state index is 12.6. The minimum atomic E-state index is -0.315. The fraction of sp³-hybridized carbons (Fsp3) is 0.438. The van der Waals surface area contributed by atoms with Crippen molar-refractivity contribution in [2.24, 2.45) is 5.92 Å². The first-order chi connectivity index (χ1) is 9.70. The number of carbonyl (C=O) groups excluding carboxylic acids is 1. The molecule has 4 heteroatoms. The van der Waals surface area contributed by atoms with E-state index in [2.05, 4.69) is 11.9 Å². The number of fused-ring (bicyclic) bond motifs is 1. The molecule has 0 amide bonds. The lowest BCUT2D eigenvalue weighted by atomic mass is 9.96. The standard InChI is InChI=1S/C16H19NO3/c1-3-19-11-4-5-14-12(8-11)13(9-17-14)15(18)16-10(2)6-7-20-16/h4-5,8-10,16-17H,3,6-7H2,1-2H3. The zero-order chi connectivity index (χ0) is 14.1. The summed E-state index contributed by atoms with van der Waals surface area (Å²) in [7, 11) is 0. The van der Waals surface area contributed by atoms with Gasteiger partial charge in [0.25, 0.3) is 0 Å². The van der Waals surface area contributed by atoms with Crippen LogP contribution in [0.5, 0.6) is 5.75 Å². The van der Waals surface area contributed by atoms with Crippen LogP contribution < -0.4 is 4.74 Å². The average molecular weight is 273 g/mol. The molecule has 1 aliphatic heterocycles. The van der Waals surface area contributed by atoms with Gasteiger partial charge in [-0.05, 0) is 37.5 Å². The lowest BCUT2D eigenvalue weighted by molar-refractivity contribution is 0.0581. The zero-order valence-corrected chi connectivity index (χ0v) is 11.8. The van der Waals surface area contributed by atoms with Crippen molar-refractivity contribution in [3.63, 3.8) is 0 Å². The Morgan fingerprint density at radius 3 is 3.05 bits per heavy atom. The summed E-state index contributed by atoms with van der Waals surface area (Å²) in [6.07, 6.45) is 2.41. The third-order valence-electron chi connectivity index (χ3n) is 3.88. The van der Waals surface area contributed by atoms with Gasteiger partial charge in [-0.3, -0.25) is 4.79 Å². The molecule has 3 rings (SSSR count). The van der Waals surface area contributed by atoms with E-state index < -0.39 is 0 Å². The van der Waals surface area contributed by atoms with Gasteiger partial charge < -0.3 is 14.5 Å². The van der Waals surface area contributed by atoms with Crippen molar-refractivity contribution in [3.8, 4) is 5.75 Å². The van der Waals surface area contributed by atoms with E-state index in [-0.39, 0.29) is 17.8 Å². The van der Waals surface area contributed by atoms with E-state index in [0.29, 0.717) is 18.8 Å². The predicted molar refractivity (Wildman–Crippen MR) is 77.3 cm³/mol. The van der Waals surface area contributed by atoms with Gasteiger partial charge in [-0.25, -0.2) is 0 Å². The number of benzene rings is 1. The summed E-state index contributed by atoms with van der Waals surface area (Å²) in [6, 6.07) is 5.77. The maximum atomic E-state index is 12.6. The molecule has 1 aromatic heterocycles. The van der Waals surface area contributed by atoms with Gasteiger partial charge in [0.15, 0.2) is 5.78 Å². The number of ether oxygens (including phenoxy) is 2. The fourth-order valence-electron chi connectivity index (χ4n) is 2.74. The van der Waals surface area contributed by atoms with Crippen LogP contribution in [0, 0.1) is 5.92 Å². The van der Waals surface area contributed by atoms with Crippen molar-refractivity contribution in [2.75, 3.05) is 13.2 Å². The highest BCUT2D eigenvalue weighted by molar-refractivity contribution is 6.10. The summed E-state index contributed by atoms with van der Waals surface area (Å²) in [5.74, 6) is 1.13. The van der Waals surface area contributed by atoms with E-state index in [1.165, 1.54) is 0 Å². The Morgan fingerprint density at radius 2 is 2.35 bits per heavy atom. The van der Waals surface area contributed by atoms with Crippen LogP contribution >= 0.6 is 0 Å². The summed E-state index contributed by atoms with van der Waals surface area (Å²) >= 11 is 0. The Labute approximate surface area is 118 Å². The molecule has 4 nitrogen and oxygen atoms in total. The van der Waals surface area contributed by atoms with Crippen molar-refractivity contribution in [1.82, 2.24) is 4.98 Å². The number of hydrogen-bond acceptors (Lipinski definition) is 3. The molecule has 106 valence electrons. The Balaban J connectivity index is 1.98. The summed E-state index contributed by atoms with van der Waals surface area (Å²) in [5, 5.41) is 0.906. The number of carbonyl (C=O) groups is 1. The Hall–Kier alpha value is -1.81. The SMILES string of the molecule is CCOc1ccc2[nH]cc(C(=O)C3OCCC3C)c2c1.